The molecular weight excluding hydrogens is 324 g/mol. The largest absolute Gasteiger partial charge is 0.504 e. The number of rotatable bonds is 2. The van der Waals surface area contributed by atoms with Gasteiger partial charge in [-0.1, -0.05) is 23.8 Å². The van der Waals surface area contributed by atoms with E-state index in [1.54, 1.807) is 12.1 Å². The van der Waals surface area contributed by atoms with Gasteiger partial charge in [0.05, 0.1) is 10.6 Å². The van der Waals surface area contributed by atoms with Crippen molar-refractivity contribution in [3.8, 4) is 11.5 Å². The molecule has 2 aromatic rings. The maximum Gasteiger partial charge on any atom is 0.264 e. The summed E-state index contributed by atoms with van der Waals surface area (Å²) in [6.45, 7) is 3.99. The molecule has 1 amide bonds. The highest BCUT2D eigenvalue weighted by Crippen LogP contribution is 2.31. The SMILES string of the molecule is Cc1ccc(N=C2NC(=O)C(=Cc3ccc(O)c(O)c3)S2)c(C)c1. The molecule has 6 heteroatoms. The van der Waals surface area contributed by atoms with E-state index in [2.05, 4.69) is 10.3 Å². The van der Waals surface area contributed by atoms with E-state index in [-0.39, 0.29) is 17.4 Å². The highest BCUT2D eigenvalue weighted by atomic mass is 32.2. The molecule has 0 saturated carbocycles. The fourth-order valence-corrected chi connectivity index (χ4v) is 3.14. The first-order valence-electron chi connectivity index (χ1n) is 7.31. The normalized spacial score (nSPS) is 17.5. The molecule has 5 nitrogen and oxygen atoms in total. The Morgan fingerprint density at radius 1 is 1.08 bits per heavy atom. The van der Waals surface area contributed by atoms with Gasteiger partial charge in [-0.15, -0.1) is 0 Å². The van der Waals surface area contributed by atoms with Gasteiger partial charge < -0.3 is 15.5 Å². The number of nitrogens with zero attached hydrogens (tertiary/aromatic N) is 1. The van der Waals surface area contributed by atoms with Crippen molar-refractivity contribution in [2.75, 3.05) is 0 Å². The van der Waals surface area contributed by atoms with E-state index in [9.17, 15) is 15.0 Å². The van der Waals surface area contributed by atoms with Gasteiger partial charge in [0.15, 0.2) is 16.7 Å². The molecule has 1 saturated heterocycles. The molecule has 1 heterocycles. The third-order valence-corrected chi connectivity index (χ3v) is 4.43. The summed E-state index contributed by atoms with van der Waals surface area (Å²) < 4.78 is 0. The molecule has 2 aromatic carbocycles. The van der Waals surface area contributed by atoms with Gasteiger partial charge in [-0.25, -0.2) is 4.99 Å². The zero-order valence-corrected chi connectivity index (χ0v) is 14.0. The number of aryl methyl sites for hydroxylation is 2. The third-order valence-electron chi connectivity index (χ3n) is 3.52. The molecule has 0 atom stereocenters. The number of hydrogen-bond acceptors (Lipinski definition) is 5. The Kier molecular flexibility index (Phi) is 4.31. The number of carbonyl (C=O) groups excluding carboxylic acids is 1. The van der Waals surface area contributed by atoms with E-state index in [4.69, 9.17) is 0 Å². The van der Waals surface area contributed by atoms with Crippen LogP contribution < -0.4 is 5.32 Å². The third kappa shape index (κ3) is 3.44. The van der Waals surface area contributed by atoms with Crippen molar-refractivity contribution in [1.82, 2.24) is 5.32 Å². The fraction of sp³-hybridized carbons (Fsp3) is 0.111. The number of thioether (sulfide) groups is 1. The van der Waals surface area contributed by atoms with Crippen LogP contribution in [0.2, 0.25) is 0 Å². The predicted molar refractivity (Wildman–Crippen MR) is 96.5 cm³/mol. The number of aromatic hydroxyl groups is 2. The summed E-state index contributed by atoms with van der Waals surface area (Å²) in [6, 6.07) is 10.3. The van der Waals surface area contributed by atoms with Gasteiger partial charge in [0, 0.05) is 0 Å². The molecule has 0 aromatic heterocycles. The molecule has 1 aliphatic heterocycles. The average molecular weight is 340 g/mol. The first-order valence-corrected chi connectivity index (χ1v) is 8.13. The summed E-state index contributed by atoms with van der Waals surface area (Å²) in [7, 11) is 0. The van der Waals surface area contributed by atoms with Crippen LogP contribution in [0.1, 0.15) is 16.7 Å². The maximum absolute atomic E-state index is 12.1. The second-order valence-electron chi connectivity index (χ2n) is 5.52. The maximum atomic E-state index is 12.1. The van der Waals surface area contributed by atoms with Crippen LogP contribution in [-0.4, -0.2) is 21.3 Å². The standard InChI is InChI=1S/C18H16N2O3S/c1-10-3-5-13(11(2)7-10)19-18-20-17(23)16(24-18)9-12-4-6-14(21)15(22)8-12/h3-9,21-22H,1-2H3,(H,19,20,23). The van der Waals surface area contributed by atoms with Crippen LogP contribution in [0.15, 0.2) is 46.3 Å². The van der Waals surface area contributed by atoms with Crippen LogP contribution in [0.5, 0.6) is 11.5 Å². The lowest BCUT2D eigenvalue weighted by atomic mass is 10.1. The van der Waals surface area contributed by atoms with Crippen molar-refractivity contribution in [1.29, 1.82) is 0 Å². The van der Waals surface area contributed by atoms with Gasteiger partial charge in [-0.05, 0) is 61.0 Å². The number of benzene rings is 2. The second-order valence-corrected chi connectivity index (χ2v) is 6.55. The van der Waals surface area contributed by atoms with Crippen molar-refractivity contribution >= 4 is 34.6 Å². The number of aliphatic imine (C=N–C) groups is 1. The predicted octanol–water partition coefficient (Wildman–Crippen LogP) is 3.61. The van der Waals surface area contributed by atoms with Crippen molar-refractivity contribution in [3.05, 3.63) is 58.0 Å². The lowest BCUT2D eigenvalue weighted by molar-refractivity contribution is -0.115. The molecule has 0 bridgehead atoms. The first kappa shape index (κ1) is 16.1. The van der Waals surface area contributed by atoms with Crippen LogP contribution in [0, 0.1) is 13.8 Å². The van der Waals surface area contributed by atoms with E-state index in [0.29, 0.717) is 15.6 Å². The number of carbonyl (C=O) groups is 1. The van der Waals surface area contributed by atoms with Gasteiger partial charge in [-0.2, -0.15) is 0 Å². The molecule has 3 N–H and O–H groups in total. The topological polar surface area (TPSA) is 81.9 Å². The Hall–Kier alpha value is -2.73. The van der Waals surface area contributed by atoms with Crippen LogP contribution >= 0.6 is 11.8 Å². The minimum atomic E-state index is -0.240. The Bertz CT molecular complexity index is 888. The van der Waals surface area contributed by atoms with E-state index in [1.807, 2.05) is 32.0 Å². The number of hydrogen-bond donors (Lipinski definition) is 3. The number of amidine groups is 1. The number of amides is 1. The second kappa shape index (κ2) is 6.41. The van der Waals surface area contributed by atoms with Gasteiger partial charge in [0.1, 0.15) is 0 Å². The molecule has 0 spiro atoms. The molecule has 0 aliphatic carbocycles. The number of phenolic OH excluding ortho intramolecular Hbond substituents is 2. The Balaban J connectivity index is 1.86. The van der Waals surface area contributed by atoms with E-state index >= 15 is 0 Å². The monoisotopic (exact) mass is 340 g/mol. The number of nitrogens with one attached hydrogen (secondary N) is 1. The van der Waals surface area contributed by atoms with Crippen LogP contribution in [-0.2, 0) is 4.79 Å². The zero-order chi connectivity index (χ0) is 17.3. The summed E-state index contributed by atoms with van der Waals surface area (Å²) in [5.41, 5.74) is 3.63. The smallest absolute Gasteiger partial charge is 0.264 e. The van der Waals surface area contributed by atoms with E-state index in [1.165, 1.54) is 23.9 Å². The van der Waals surface area contributed by atoms with Crippen molar-refractivity contribution in [2.45, 2.75) is 13.8 Å². The summed E-state index contributed by atoms with van der Waals surface area (Å²) in [6.07, 6.45) is 1.64. The van der Waals surface area contributed by atoms with Crippen LogP contribution in [0.3, 0.4) is 0 Å². The van der Waals surface area contributed by atoms with E-state index < -0.39 is 0 Å². The first-order chi connectivity index (χ1) is 11.4. The lowest BCUT2D eigenvalue weighted by Gasteiger charge is -2.02. The molecule has 122 valence electrons. The Labute approximate surface area is 143 Å². The molecule has 0 unspecified atom stereocenters. The molecule has 24 heavy (non-hydrogen) atoms. The zero-order valence-electron chi connectivity index (χ0n) is 13.2. The van der Waals surface area contributed by atoms with Crippen molar-refractivity contribution < 1.29 is 15.0 Å². The summed E-state index contributed by atoms with van der Waals surface area (Å²) in [5.74, 6) is -0.661. The van der Waals surface area contributed by atoms with Gasteiger partial charge in [-0.3, -0.25) is 4.79 Å². The lowest BCUT2D eigenvalue weighted by Crippen LogP contribution is -2.19. The van der Waals surface area contributed by atoms with Crippen LogP contribution in [0.4, 0.5) is 5.69 Å². The Morgan fingerprint density at radius 2 is 1.88 bits per heavy atom. The van der Waals surface area contributed by atoms with Crippen molar-refractivity contribution in [2.24, 2.45) is 4.99 Å². The van der Waals surface area contributed by atoms with Crippen LogP contribution in [0.25, 0.3) is 6.08 Å². The Morgan fingerprint density at radius 3 is 2.58 bits per heavy atom. The highest BCUT2D eigenvalue weighted by Gasteiger charge is 2.24. The summed E-state index contributed by atoms with van der Waals surface area (Å²) in [5, 5.41) is 22.1. The highest BCUT2D eigenvalue weighted by molar-refractivity contribution is 8.18. The quantitative estimate of drug-likeness (QED) is 0.576. The average Bonchev–Trinajstić information content (AvgIpc) is 2.86. The van der Waals surface area contributed by atoms with Gasteiger partial charge in [0.25, 0.3) is 5.91 Å². The minimum absolute atomic E-state index is 0.197. The molecule has 1 fully saturated rings. The number of phenols is 2. The molecule has 0 radical (unpaired) electrons. The van der Waals surface area contributed by atoms with E-state index in [0.717, 1.165) is 16.8 Å². The summed E-state index contributed by atoms with van der Waals surface area (Å²) >= 11 is 1.24. The molecule has 3 rings (SSSR count). The minimum Gasteiger partial charge on any atom is -0.504 e. The fourth-order valence-electron chi connectivity index (χ4n) is 2.30. The molecular formula is C18H16N2O3S. The molecule has 1 aliphatic rings. The van der Waals surface area contributed by atoms with Gasteiger partial charge in [0.2, 0.25) is 0 Å². The van der Waals surface area contributed by atoms with Crippen molar-refractivity contribution in [3.63, 3.8) is 0 Å². The van der Waals surface area contributed by atoms with Gasteiger partial charge >= 0.3 is 0 Å². The summed E-state index contributed by atoms with van der Waals surface area (Å²) in [4.78, 5) is 17.0.